The number of ether oxygens (including phenoxy) is 3. The third kappa shape index (κ3) is 62.7. The Labute approximate surface area is 483 Å². The number of carbonyl (C=O) groups excluding carboxylic acids is 3. The Morgan fingerprint density at radius 1 is 0.253 bits per heavy atom. The molecule has 0 fully saturated rings. The van der Waals surface area contributed by atoms with Crippen LogP contribution >= 0.6 is 0 Å². The molecule has 436 valence electrons. The molecule has 0 aromatic carbocycles. The maximum atomic E-state index is 12.9. The van der Waals surface area contributed by atoms with E-state index in [9.17, 15) is 14.4 Å². The average Bonchev–Trinajstić information content (AvgIpc) is 3.45. The Hall–Kier alpha value is -6.01. The van der Waals surface area contributed by atoms with Crippen LogP contribution in [0.4, 0.5) is 0 Å². The molecule has 0 rings (SSSR count). The fraction of sp³-hybridized carbons (Fsp3) is 0.493. The van der Waals surface area contributed by atoms with Gasteiger partial charge < -0.3 is 14.2 Å². The molecule has 1 unspecified atom stereocenters. The lowest BCUT2D eigenvalue weighted by molar-refractivity contribution is -0.166. The van der Waals surface area contributed by atoms with Crippen molar-refractivity contribution in [3.63, 3.8) is 0 Å². The summed E-state index contributed by atoms with van der Waals surface area (Å²) in [4.78, 5) is 38.3. The molecular formula is C73H108O6. The zero-order valence-corrected chi connectivity index (χ0v) is 49.8. The molecule has 0 saturated heterocycles. The molecule has 79 heavy (non-hydrogen) atoms. The van der Waals surface area contributed by atoms with E-state index in [1.807, 2.05) is 12.2 Å². The molecule has 0 aromatic heterocycles. The van der Waals surface area contributed by atoms with Crippen molar-refractivity contribution in [2.45, 2.75) is 219 Å². The van der Waals surface area contributed by atoms with Crippen molar-refractivity contribution < 1.29 is 28.6 Å². The van der Waals surface area contributed by atoms with Gasteiger partial charge >= 0.3 is 17.9 Å². The van der Waals surface area contributed by atoms with Gasteiger partial charge in [0.1, 0.15) is 13.2 Å². The predicted molar refractivity (Wildman–Crippen MR) is 343 cm³/mol. The van der Waals surface area contributed by atoms with E-state index < -0.39 is 12.1 Å². The second-order valence-corrected chi connectivity index (χ2v) is 19.1. The van der Waals surface area contributed by atoms with Crippen molar-refractivity contribution in [1.82, 2.24) is 0 Å². The fourth-order valence-corrected chi connectivity index (χ4v) is 7.32. The Kier molecular flexibility index (Phi) is 59.6. The molecule has 0 bridgehead atoms. The van der Waals surface area contributed by atoms with Gasteiger partial charge in [0.15, 0.2) is 6.10 Å². The van der Waals surface area contributed by atoms with E-state index in [4.69, 9.17) is 14.2 Å². The van der Waals surface area contributed by atoms with Crippen molar-refractivity contribution in [3.8, 4) is 0 Å². The Balaban J connectivity index is 4.64. The van der Waals surface area contributed by atoms with Gasteiger partial charge in [-0.25, -0.2) is 0 Å². The van der Waals surface area contributed by atoms with Gasteiger partial charge in [-0.2, -0.15) is 0 Å². The SMILES string of the molecule is CC/C=C\C/C=C\C/C=C\C/C=C\C/C=C\C/C=C\C/C=C\CCCCCC(=O)OCC(COC(=O)CCCCCC/C=C\C/C=C\C/C=C\C/C=C\CC)OC(=O)CC/C=C\C/C=C\C/C=C\C/C=C\C/C=C\C/C=C\CC. The van der Waals surface area contributed by atoms with Crippen LogP contribution in [0.2, 0.25) is 0 Å². The van der Waals surface area contributed by atoms with Crippen molar-refractivity contribution in [2.75, 3.05) is 13.2 Å². The van der Waals surface area contributed by atoms with E-state index >= 15 is 0 Å². The van der Waals surface area contributed by atoms with Gasteiger partial charge in [0.25, 0.3) is 0 Å². The second-order valence-electron chi connectivity index (χ2n) is 19.1. The summed E-state index contributed by atoms with van der Waals surface area (Å²) >= 11 is 0. The summed E-state index contributed by atoms with van der Waals surface area (Å²) in [5.41, 5.74) is 0. The minimum atomic E-state index is -0.858. The number of rotatable bonds is 52. The van der Waals surface area contributed by atoms with Crippen molar-refractivity contribution in [3.05, 3.63) is 207 Å². The lowest BCUT2D eigenvalue weighted by Crippen LogP contribution is -2.30. The van der Waals surface area contributed by atoms with Crippen LogP contribution in [0.5, 0.6) is 0 Å². The van der Waals surface area contributed by atoms with Crippen molar-refractivity contribution >= 4 is 17.9 Å². The van der Waals surface area contributed by atoms with Crippen LogP contribution in [0.15, 0.2) is 207 Å². The summed E-state index contributed by atoms with van der Waals surface area (Å²) in [5, 5.41) is 0. The molecule has 0 aliphatic heterocycles. The van der Waals surface area contributed by atoms with E-state index in [0.29, 0.717) is 19.3 Å². The zero-order valence-electron chi connectivity index (χ0n) is 49.8. The highest BCUT2D eigenvalue weighted by Crippen LogP contribution is 2.11. The third-order valence-corrected chi connectivity index (χ3v) is 11.8. The van der Waals surface area contributed by atoms with Crippen molar-refractivity contribution in [2.24, 2.45) is 0 Å². The van der Waals surface area contributed by atoms with Gasteiger partial charge in [0.05, 0.1) is 0 Å². The van der Waals surface area contributed by atoms with Crippen LogP contribution < -0.4 is 0 Å². The van der Waals surface area contributed by atoms with Crippen LogP contribution in [0.25, 0.3) is 0 Å². The lowest BCUT2D eigenvalue weighted by atomic mass is 10.1. The summed E-state index contributed by atoms with van der Waals surface area (Å²) in [7, 11) is 0. The summed E-state index contributed by atoms with van der Waals surface area (Å²) < 4.78 is 16.8. The monoisotopic (exact) mass is 1080 g/mol. The summed E-state index contributed by atoms with van der Waals surface area (Å²) in [6.45, 7) is 6.16. The quantitative estimate of drug-likeness (QED) is 0.0261. The molecule has 1 atom stereocenters. The Morgan fingerprint density at radius 2 is 0.481 bits per heavy atom. The van der Waals surface area contributed by atoms with Gasteiger partial charge in [0, 0.05) is 19.3 Å². The maximum Gasteiger partial charge on any atom is 0.306 e. The molecule has 0 aliphatic carbocycles. The molecule has 0 radical (unpaired) electrons. The van der Waals surface area contributed by atoms with Crippen LogP contribution in [0.3, 0.4) is 0 Å². The van der Waals surface area contributed by atoms with Crippen LogP contribution in [0.1, 0.15) is 213 Å². The van der Waals surface area contributed by atoms with E-state index in [2.05, 4.69) is 215 Å². The van der Waals surface area contributed by atoms with Gasteiger partial charge in [-0.3, -0.25) is 14.4 Å². The highest BCUT2D eigenvalue weighted by molar-refractivity contribution is 5.71. The molecule has 0 saturated carbocycles. The zero-order chi connectivity index (χ0) is 57.1. The minimum absolute atomic E-state index is 0.144. The molecular weight excluding hydrogens is 973 g/mol. The first-order valence-corrected chi connectivity index (χ1v) is 30.6. The van der Waals surface area contributed by atoms with Gasteiger partial charge in [0.2, 0.25) is 0 Å². The number of hydrogen-bond donors (Lipinski definition) is 0. The highest BCUT2D eigenvalue weighted by atomic mass is 16.6. The number of allylic oxidation sites excluding steroid dienone is 34. The maximum absolute atomic E-state index is 12.9. The second kappa shape index (κ2) is 64.5. The molecule has 0 spiro atoms. The topological polar surface area (TPSA) is 78.9 Å². The van der Waals surface area contributed by atoms with E-state index in [1.54, 1.807) is 0 Å². The Morgan fingerprint density at radius 3 is 0.759 bits per heavy atom. The van der Waals surface area contributed by atoms with E-state index in [-0.39, 0.29) is 38.0 Å². The predicted octanol–water partition coefficient (Wildman–Crippen LogP) is 21.2. The molecule has 0 aromatic rings. The largest absolute Gasteiger partial charge is 0.462 e. The summed E-state index contributed by atoms with van der Waals surface area (Å²) in [5.74, 6) is -1.10. The fourth-order valence-electron chi connectivity index (χ4n) is 7.32. The van der Waals surface area contributed by atoms with Crippen LogP contribution in [0, 0.1) is 0 Å². The molecule has 0 heterocycles. The number of hydrogen-bond acceptors (Lipinski definition) is 6. The normalized spacial score (nSPS) is 13.6. The van der Waals surface area contributed by atoms with Crippen molar-refractivity contribution in [1.29, 1.82) is 0 Å². The number of esters is 3. The lowest BCUT2D eigenvalue weighted by Gasteiger charge is -2.18. The smallest absolute Gasteiger partial charge is 0.306 e. The Bertz CT molecular complexity index is 1960. The third-order valence-electron chi connectivity index (χ3n) is 11.8. The highest BCUT2D eigenvalue weighted by Gasteiger charge is 2.19. The molecule has 0 aliphatic rings. The van der Waals surface area contributed by atoms with E-state index in [1.165, 1.54) is 0 Å². The standard InChI is InChI=1S/C73H108O6/c1-4-7-10-13-16-19-22-25-28-31-33-34-35-36-37-38-40-42-45-48-51-54-57-60-63-66-72(75)78-69-70(68-77-71(74)65-62-59-56-53-50-47-44-41-30-27-24-21-18-15-12-9-6-3)79-73(76)67-64-61-58-55-52-49-46-43-39-32-29-26-23-20-17-14-11-8-5-2/h7-12,16-21,25-30,33-34,36-37,39-40,42-44,47-49,51-52,58,61,70H,4-6,13-15,22-24,31-32,35,38,41,45-46,50,53-57,59-60,62-69H2,1-3H3/b10-7-,11-8-,12-9-,19-16-,20-17-,21-18-,28-25-,29-26-,30-27-,34-33-,37-36-,42-40-,43-39-,47-44-,51-48-,52-49-,61-58-. The first-order valence-electron chi connectivity index (χ1n) is 30.6. The average molecular weight is 1080 g/mol. The van der Waals surface area contributed by atoms with Gasteiger partial charge in [-0.05, 0) is 154 Å². The van der Waals surface area contributed by atoms with Gasteiger partial charge in [-0.1, -0.05) is 247 Å². The van der Waals surface area contributed by atoms with Gasteiger partial charge in [-0.15, -0.1) is 0 Å². The summed E-state index contributed by atoms with van der Waals surface area (Å²) in [6, 6.07) is 0. The molecule has 6 nitrogen and oxygen atoms in total. The number of unbranched alkanes of at least 4 members (excludes halogenated alkanes) is 7. The minimum Gasteiger partial charge on any atom is -0.462 e. The first-order chi connectivity index (χ1) is 39.0. The summed E-state index contributed by atoms with van der Waals surface area (Å²) in [6.07, 6.45) is 99.7. The first kappa shape index (κ1) is 73.0. The molecule has 0 N–H and O–H groups in total. The number of carbonyl (C=O) groups is 3. The molecule has 6 heteroatoms. The van der Waals surface area contributed by atoms with Crippen LogP contribution in [-0.4, -0.2) is 37.2 Å². The molecule has 0 amide bonds. The van der Waals surface area contributed by atoms with E-state index in [0.717, 1.165) is 161 Å². The van der Waals surface area contributed by atoms with Crippen LogP contribution in [-0.2, 0) is 28.6 Å².